The maximum Gasteiger partial charge on any atom is 0.419 e. The van der Waals surface area contributed by atoms with Crippen molar-refractivity contribution in [2.24, 2.45) is 4.99 Å². The minimum Gasteiger partial charge on any atom is -0.486 e. The fraction of sp³-hybridized carbons (Fsp3) is 0.455. The number of carbonyl (C=O) groups is 1. The van der Waals surface area contributed by atoms with Gasteiger partial charge in [-0.15, -0.1) is 0 Å². The zero-order valence-electron chi connectivity index (χ0n) is 17.6. The molecule has 0 aliphatic carbocycles. The second-order valence-corrected chi connectivity index (χ2v) is 8.05. The number of nitrogens with one attached hydrogen (secondary N) is 1. The molecule has 6 nitrogen and oxygen atoms in total. The molecule has 3 aliphatic heterocycles. The van der Waals surface area contributed by atoms with E-state index in [9.17, 15) is 22.4 Å². The van der Waals surface area contributed by atoms with E-state index < -0.39 is 29.5 Å². The summed E-state index contributed by atoms with van der Waals surface area (Å²) in [5.74, 6) is -1.06. The number of alkyl halides is 3. The van der Waals surface area contributed by atoms with Crippen LogP contribution in [0.1, 0.15) is 37.4 Å². The molecule has 3 atom stereocenters. The zero-order valence-corrected chi connectivity index (χ0v) is 17.6. The Balaban J connectivity index is 1.56. The van der Waals surface area contributed by atoms with Crippen molar-refractivity contribution in [2.75, 3.05) is 19.8 Å². The van der Waals surface area contributed by atoms with Crippen molar-refractivity contribution in [1.29, 1.82) is 0 Å². The van der Waals surface area contributed by atoms with Gasteiger partial charge in [0, 0.05) is 24.7 Å². The van der Waals surface area contributed by atoms with Gasteiger partial charge in [-0.25, -0.2) is 4.39 Å². The molecule has 1 fully saturated rings. The van der Waals surface area contributed by atoms with Crippen LogP contribution in [0, 0.1) is 5.82 Å². The molecule has 1 N–H and O–H groups in total. The molecular formula is C22H23F4N3O3. The minimum atomic E-state index is -4.83. The summed E-state index contributed by atoms with van der Waals surface area (Å²) in [5, 5.41) is 2.60. The van der Waals surface area contributed by atoms with E-state index in [-0.39, 0.29) is 23.3 Å². The molecule has 0 bridgehead atoms. The van der Waals surface area contributed by atoms with E-state index in [2.05, 4.69) is 10.3 Å². The summed E-state index contributed by atoms with van der Waals surface area (Å²) in [7, 11) is 0. The SMILES string of the molecule is C[C@@H]1CN2C=C(O[C@@H]3CCOC3)C=C(C(=O)N[C@H](C)c3cccc(C(F)(F)F)c3F)C2=N1. The van der Waals surface area contributed by atoms with Crippen molar-refractivity contribution >= 4 is 11.7 Å². The van der Waals surface area contributed by atoms with E-state index in [1.165, 1.54) is 13.0 Å². The average molecular weight is 453 g/mol. The molecule has 0 spiro atoms. The largest absolute Gasteiger partial charge is 0.486 e. The lowest BCUT2D eigenvalue weighted by Gasteiger charge is -2.26. The Morgan fingerprint density at radius 3 is 2.84 bits per heavy atom. The van der Waals surface area contributed by atoms with Crippen molar-refractivity contribution in [1.82, 2.24) is 10.2 Å². The van der Waals surface area contributed by atoms with E-state index in [0.29, 0.717) is 37.4 Å². The number of carbonyl (C=O) groups excluding carboxylic acids is 1. The molecule has 0 radical (unpaired) electrons. The Kier molecular flexibility index (Phi) is 5.98. The standard InChI is InChI=1S/C22H23F4N3O3/c1-12-9-29-10-15(32-14-6-7-31-11-14)8-17(20(29)27-12)21(30)28-13(2)16-4-3-5-18(19(16)23)22(24,25)26/h3-5,8,10,12-14H,6-7,9,11H2,1-2H3,(H,28,30)/t12-,13-,14-/m1/s1. The number of hydrogen-bond donors (Lipinski definition) is 1. The number of ether oxygens (including phenoxy) is 2. The fourth-order valence-electron chi connectivity index (χ4n) is 3.92. The van der Waals surface area contributed by atoms with E-state index >= 15 is 0 Å². The number of rotatable bonds is 5. The number of aliphatic imine (C=N–C) groups is 1. The molecular weight excluding hydrogens is 430 g/mol. The van der Waals surface area contributed by atoms with Gasteiger partial charge < -0.3 is 19.7 Å². The fourth-order valence-corrected chi connectivity index (χ4v) is 3.92. The maximum atomic E-state index is 14.5. The van der Waals surface area contributed by atoms with Crippen LogP contribution in [0.4, 0.5) is 17.6 Å². The highest BCUT2D eigenvalue weighted by Crippen LogP contribution is 2.34. The Hall–Kier alpha value is -2.88. The van der Waals surface area contributed by atoms with Gasteiger partial charge in [-0.1, -0.05) is 12.1 Å². The lowest BCUT2D eigenvalue weighted by Crippen LogP contribution is -2.37. The normalized spacial score (nSPS) is 23.8. The van der Waals surface area contributed by atoms with Gasteiger partial charge in [0.25, 0.3) is 5.91 Å². The number of allylic oxidation sites excluding steroid dienone is 1. The van der Waals surface area contributed by atoms with Crippen molar-refractivity contribution in [3.63, 3.8) is 0 Å². The molecule has 1 saturated heterocycles. The molecule has 1 aromatic carbocycles. The number of amides is 1. The molecule has 4 rings (SSSR count). The van der Waals surface area contributed by atoms with Crippen molar-refractivity contribution in [3.05, 3.63) is 58.8 Å². The summed E-state index contributed by atoms with van der Waals surface area (Å²) >= 11 is 0. The third-order valence-electron chi connectivity index (χ3n) is 5.47. The van der Waals surface area contributed by atoms with E-state index in [4.69, 9.17) is 9.47 Å². The van der Waals surface area contributed by atoms with Gasteiger partial charge in [0.1, 0.15) is 23.5 Å². The van der Waals surface area contributed by atoms with Crippen LogP contribution in [0.2, 0.25) is 0 Å². The third-order valence-corrected chi connectivity index (χ3v) is 5.47. The highest BCUT2D eigenvalue weighted by atomic mass is 19.4. The molecule has 0 aromatic heterocycles. The van der Waals surface area contributed by atoms with Crippen LogP contribution in [0.15, 0.2) is 46.8 Å². The van der Waals surface area contributed by atoms with Crippen LogP contribution >= 0.6 is 0 Å². The lowest BCUT2D eigenvalue weighted by molar-refractivity contribution is -0.140. The van der Waals surface area contributed by atoms with Crippen LogP contribution < -0.4 is 5.32 Å². The molecule has 32 heavy (non-hydrogen) atoms. The smallest absolute Gasteiger partial charge is 0.419 e. The molecule has 0 saturated carbocycles. The highest BCUT2D eigenvalue weighted by molar-refractivity contribution is 6.22. The Morgan fingerprint density at radius 2 is 2.16 bits per heavy atom. The molecule has 1 amide bonds. The summed E-state index contributed by atoms with van der Waals surface area (Å²) < 4.78 is 64.9. The second kappa shape index (κ2) is 8.57. The number of fused-ring (bicyclic) bond motifs is 1. The number of amidine groups is 1. The van der Waals surface area contributed by atoms with Gasteiger partial charge >= 0.3 is 6.18 Å². The first-order valence-corrected chi connectivity index (χ1v) is 10.3. The lowest BCUT2D eigenvalue weighted by atomic mass is 10.0. The molecule has 1 aromatic rings. The monoisotopic (exact) mass is 453 g/mol. The van der Waals surface area contributed by atoms with Crippen LogP contribution in [0.25, 0.3) is 0 Å². The first-order valence-electron chi connectivity index (χ1n) is 10.3. The van der Waals surface area contributed by atoms with Crippen LogP contribution in [0.3, 0.4) is 0 Å². The highest BCUT2D eigenvalue weighted by Gasteiger charge is 2.36. The topological polar surface area (TPSA) is 63.2 Å². The number of benzene rings is 1. The maximum absolute atomic E-state index is 14.5. The van der Waals surface area contributed by atoms with Gasteiger partial charge in [0.05, 0.1) is 36.4 Å². The summed E-state index contributed by atoms with van der Waals surface area (Å²) in [6.07, 6.45) is -0.899. The predicted molar refractivity (Wildman–Crippen MR) is 108 cm³/mol. The van der Waals surface area contributed by atoms with Crippen molar-refractivity contribution < 1.29 is 31.8 Å². The van der Waals surface area contributed by atoms with Gasteiger partial charge in [0.15, 0.2) is 0 Å². The summed E-state index contributed by atoms with van der Waals surface area (Å²) in [6.45, 7) is 4.95. The molecule has 0 unspecified atom stereocenters. The second-order valence-electron chi connectivity index (χ2n) is 8.05. The minimum absolute atomic E-state index is 0.0510. The summed E-state index contributed by atoms with van der Waals surface area (Å²) in [4.78, 5) is 19.4. The summed E-state index contributed by atoms with van der Waals surface area (Å²) in [5.41, 5.74) is -1.41. The van der Waals surface area contributed by atoms with Crippen molar-refractivity contribution in [2.45, 2.75) is 44.6 Å². The molecule has 3 heterocycles. The van der Waals surface area contributed by atoms with E-state index in [0.717, 1.165) is 12.5 Å². The molecule has 172 valence electrons. The van der Waals surface area contributed by atoms with E-state index in [1.54, 1.807) is 17.2 Å². The predicted octanol–water partition coefficient (Wildman–Crippen LogP) is 3.71. The van der Waals surface area contributed by atoms with Gasteiger partial charge in [-0.2, -0.15) is 13.2 Å². The molecule has 3 aliphatic rings. The first kappa shape index (κ1) is 22.3. The summed E-state index contributed by atoms with van der Waals surface area (Å²) in [6, 6.07) is 1.96. The number of nitrogens with zero attached hydrogens (tertiary/aromatic N) is 2. The van der Waals surface area contributed by atoms with Crippen LogP contribution in [-0.2, 0) is 20.4 Å². The van der Waals surface area contributed by atoms with Crippen LogP contribution in [-0.4, -0.2) is 48.5 Å². The Morgan fingerprint density at radius 1 is 1.38 bits per heavy atom. The third kappa shape index (κ3) is 4.50. The number of hydrogen-bond acceptors (Lipinski definition) is 5. The first-order chi connectivity index (χ1) is 15.1. The van der Waals surface area contributed by atoms with E-state index in [1.807, 2.05) is 6.92 Å². The Bertz CT molecular complexity index is 997. The molecule has 10 heteroatoms. The number of halogens is 4. The van der Waals surface area contributed by atoms with Gasteiger partial charge in [0.2, 0.25) is 0 Å². The van der Waals surface area contributed by atoms with Gasteiger partial charge in [-0.3, -0.25) is 9.79 Å². The van der Waals surface area contributed by atoms with Crippen molar-refractivity contribution in [3.8, 4) is 0 Å². The zero-order chi connectivity index (χ0) is 23.0. The average Bonchev–Trinajstić information content (AvgIpc) is 3.35. The van der Waals surface area contributed by atoms with Crippen LogP contribution in [0.5, 0.6) is 0 Å². The van der Waals surface area contributed by atoms with Gasteiger partial charge in [-0.05, 0) is 26.0 Å². The quantitative estimate of drug-likeness (QED) is 0.691. The Labute approximate surface area is 182 Å².